The first-order valence-electron chi connectivity index (χ1n) is 0.454. The summed E-state index contributed by atoms with van der Waals surface area (Å²) in [6, 6.07) is 0. The van der Waals surface area contributed by atoms with Crippen LogP contribution in [0.1, 0.15) is 2.85 Å². The third-order valence-electron chi connectivity index (χ3n) is 0. The van der Waals surface area contributed by atoms with E-state index in [0.29, 0.717) is 0 Å². The number of hydrogen-bond donors (Lipinski definition) is 1. The molecule has 0 spiro atoms. The topological polar surface area (TPSA) is 40.9 Å². The molecule has 4 heavy (non-hydrogen) atoms. The molecule has 0 aliphatic rings. The fourth-order valence-corrected chi connectivity index (χ4v) is 0. The fourth-order valence-electron chi connectivity index (χ4n) is 0. The van der Waals surface area contributed by atoms with Crippen molar-refractivity contribution in [3.8, 4) is 0 Å². The molecule has 0 amide bonds. The second-order valence-electron chi connectivity index (χ2n) is 0.102. The second kappa shape index (κ2) is 10.1. The van der Waals surface area contributed by atoms with Crippen LogP contribution >= 0.6 is 0 Å². The SMILES string of the molecule is N=C=O.[H-].[HH].[Na+]. The first-order chi connectivity index (χ1) is 1.41. The number of hydrogen-bond acceptors (Lipinski definition) is 2. The molecule has 0 aromatic carbocycles. The van der Waals surface area contributed by atoms with Crippen molar-refractivity contribution in [1.29, 1.82) is 5.41 Å². The zero-order valence-electron chi connectivity index (χ0n) is 3.41. The Hall–Kier alpha value is 0.380. The number of rotatable bonds is 0. The summed E-state index contributed by atoms with van der Waals surface area (Å²) >= 11 is 0. The van der Waals surface area contributed by atoms with Crippen LogP contribution in [0.3, 0.4) is 0 Å². The summed E-state index contributed by atoms with van der Waals surface area (Å²) in [6.45, 7) is 0. The van der Waals surface area contributed by atoms with Crippen molar-refractivity contribution in [2.24, 2.45) is 0 Å². The maximum Gasteiger partial charge on any atom is 1.00 e. The first-order valence-corrected chi connectivity index (χ1v) is 0.454. The van der Waals surface area contributed by atoms with E-state index in [4.69, 9.17) is 10.2 Å². The molecular formula is CH4NNaO. The van der Waals surface area contributed by atoms with Crippen molar-refractivity contribution in [3.05, 3.63) is 0 Å². The van der Waals surface area contributed by atoms with E-state index in [2.05, 4.69) is 0 Å². The van der Waals surface area contributed by atoms with Crippen LogP contribution in [0.25, 0.3) is 0 Å². The molecular weight excluding hydrogens is 65.0 g/mol. The average molecular weight is 69.0 g/mol. The number of carbonyl (C=O) groups excluding carboxylic acids is 1. The molecule has 3 heteroatoms. The summed E-state index contributed by atoms with van der Waals surface area (Å²) in [5, 5.41) is 5.40. The second-order valence-corrected chi connectivity index (χ2v) is 0.102. The van der Waals surface area contributed by atoms with Crippen LogP contribution in [0.4, 0.5) is 0 Å². The van der Waals surface area contributed by atoms with Crippen molar-refractivity contribution < 1.29 is 37.2 Å². The minimum absolute atomic E-state index is 0. The molecule has 0 heterocycles. The van der Waals surface area contributed by atoms with Crippen LogP contribution in [0.15, 0.2) is 0 Å². The minimum atomic E-state index is 0. The maximum atomic E-state index is 8.35. The van der Waals surface area contributed by atoms with Gasteiger partial charge in [0.1, 0.15) is 0 Å². The van der Waals surface area contributed by atoms with Gasteiger partial charge >= 0.3 is 29.6 Å². The minimum Gasteiger partial charge on any atom is -1.00 e. The molecule has 0 radical (unpaired) electrons. The Labute approximate surface area is 49.0 Å². The smallest absolute Gasteiger partial charge is 1.00 e. The molecule has 20 valence electrons. The molecule has 0 rings (SSSR count). The van der Waals surface area contributed by atoms with Gasteiger partial charge in [0.25, 0.3) is 0 Å². The van der Waals surface area contributed by atoms with Gasteiger partial charge in [0, 0.05) is 1.43 Å². The van der Waals surface area contributed by atoms with E-state index in [-0.39, 0.29) is 32.4 Å². The van der Waals surface area contributed by atoms with Crippen molar-refractivity contribution in [2.75, 3.05) is 0 Å². The van der Waals surface area contributed by atoms with Gasteiger partial charge in [-0.05, 0) is 0 Å². The van der Waals surface area contributed by atoms with Crippen molar-refractivity contribution in [1.82, 2.24) is 0 Å². The van der Waals surface area contributed by atoms with Gasteiger partial charge in [-0.2, -0.15) is 0 Å². The molecule has 0 aromatic heterocycles. The fraction of sp³-hybridized carbons (Fsp3) is 0. The summed E-state index contributed by atoms with van der Waals surface area (Å²) in [5.41, 5.74) is 0. The molecule has 2 nitrogen and oxygen atoms in total. The van der Waals surface area contributed by atoms with E-state index in [9.17, 15) is 0 Å². The molecule has 1 N–H and O–H groups in total. The van der Waals surface area contributed by atoms with Crippen LogP contribution < -0.4 is 29.6 Å². The van der Waals surface area contributed by atoms with Gasteiger partial charge in [-0.3, -0.25) is 0 Å². The Kier molecular flexibility index (Phi) is 22.2. The normalized spacial score (nSPS) is 2.00. The van der Waals surface area contributed by atoms with Gasteiger partial charge in [0.2, 0.25) is 6.08 Å². The molecule has 0 saturated heterocycles. The van der Waals surface area contributed by atoms with Gasteiger partial charge in [-0.15, -0.1) is 0 Å². The Balaban J connectivity index is -0.00000000667. The predicted molar refractivity (Wildman–Crippen MR) is 11.6 cm³/mol. The van der Waals surface area contributed by atoms with Gasteiger partial charge in [0.15, 0.2) is 0 Å². The van der Waals surface area contributed by atoms with E-state index < -0.39 is 0 Å². The van der Waals surface area contributed by atoms with Gasteiger partial charge < -0.3 is 1.43 Å². The van der Waals surface area contributed by atoms with Crippen molar-refractivity contribution in [3.63, 3.8) is 0 Å². The third kappa shape index (κ3) is 31.4. The summed E-state index contributed by atoms with van der Waals surface area (Å²) in [6.07, 6.45) is 0.750. The predicted octanol–water partition coefficient (Wildman–Crippen LogP) is -2.74. The molecule has 0 aromatic rings. The van der Waals surface area contributed by atoms with Gasteiger partial charge in [-0.1, -0.05) is 0 Å². The summed E-state index contributed by atoms with van der Waals surface area (Å²) < 4.78 is 0. The van der Waals surface area contributed by atoms with E-state index in [0.717, 1.165) is 6.08 Å². The van der Waals surface area contributed by atoms with Crippen molar-refractivity contribution in [2.45, 2.75) is 0 Å². The molecule has 0 aliphatic carbocycles. The average Bonchev–Trinajstić information content (AvgIpc) is 0.918. The molecule has 0 aliphatic heterocycles. The Morgan fingerprint density at radius 2 is 2.25 bits per heavy atom. The molecule has 0 fully saturated rings. The number of isocyanates is 1. The molecule has 0 saturated carbocycles. The summed E-state index contributed by atoms with van der Waals surface area (Å²) in [7, 11) is 0. The van der Waals surface area contributed by atoms with Crippen LogP contribution in [0, 0.1) is 5.41 Å². The standard InChI is InChI=1S/CHNO.Na.H2.H/c2-1-3;;;/h2H;;1H;/q;+1;;-1. The quantitative estimate of drug-likeness (QED) is 0.187. The molecule has 0 unspecified atom stereocenters. The molecule has 0 bridgehead atoms. The maximum absolute atomic E-state index is 8.35. The van der Waals surface area contributed by atoms with Gasteiger partial charge in [0.05, 0.1) is 0 Å². The summed E-state index contributed by atoms with van der Waals surface area (Å²) in [4.78, 5) is 8.35. The van der Waals surface area contributed by atoms with E-state index in [1.165, 1.54) is 0 Å². The first kappa shape index (κ1) is 8.83. The number of nitrogens with one attached hydrogen (secondary N) is 1. The van der Waals surface area contributed by atoms with Crippen molar-refractivity contribution >= 4 is 6.08 Å². The van der Waals surface area contributed by atoms with Gasteiger partial charge in [-0.25, -0.2) is 10.2 Å². The summed E-state index contributed by atoms with van der Waals surface area (Å²) in [5.74, 6) is 0. The van der Waals surface area contributed by atoms with E-state index in [1.807, 2.05) is 0 Å². The Morgan fingerprint density at radius 3 is 2.25 bits per heavy atom. The monoisotopic (exact) mass is 69.0 g/mol. The third-order valence-corrected chi connectivity index (χ3v) is 0. The van der Waals surface area contributed by atoms with Crippen LogP contribution in [0.2, 0.25) is 0 Å². The Bertz CT molecular complexity index is 34.5. The van der Waals surface area contributed by atoms with Crippen LogP contribution in [0.5, 0.6) is 0 Å². The van der Waals surface area contributed by atoms with E-state index in [1.54, 1.807) is 0 Å². The Morgan fingerprint density at radius 1 is 2.25 bits per heavy atom. The van der Waals surface area contributed by atoms with Crippen LogP contribution in [-0.4, -0.2) is 6.08 Å². The zero-order chi connectivity index (χ0) is 2.71. The zero-order valence-corrected chi connectivity index (χ0v) is 4.41. The van der Waals surface area contributed by atoms with Crippen LogP contribution in [-0.2, 0) is 4.79 Å². The largest absolute Gasteiger partial charge is 1.00 e. The molecule has 0 atom stereocenters. The van der Waals surface area contributed by atoms with E-state index >= 15 is 0 Å².